The first kappa shape index (κ1) is 18.5. The summed E-state index contributed by atoms with van der Waals surface area (Å²) in [6.45, 7) is 2.90. The Morgan fingerprint density at radius 2 is 1.81 bits per heavy atom. The highest BCUT2D eigenvalue weighted by atomic mass is 79.9. The first-order chi connectivity index (χ1) is 12.5. The number of amides is 1. The molecule has 0 radical (unpaired) electrons. The number of fused-ring (bicyclic) bond motifs is 1. The number of carbonyl (C=O) groups is 2. The van der Waals surface area contributed by atoms with E-state index in [2.05, 4.69) is 21.2 Å². The van der Waals surface area contributed by atoms with Gasteiger partial charge in [-0.25, -0.2) is 0 Å². The number of Topliss-reactive ketones (excluding diaryl/α,β-unsaturated/α-hetero) is 1. The zero-order valence-corrected chi connectivity index (χ0v) is 16.0. The molecule has 0 saturated carbocycles. The maximum absolute atomic E-state index is 12.4. The smallest absolute Gasteiger partial charge is 0.220 e. The number of halogens is 1. The van der Waals surface area contributed by atoms with E-state index in [9.17, 15) is 9.59 Å². The second kappa shape index (κ2) is 8.36. The fourth-order valence-electron chi connectivity index (χ4n) is 2.81. The summed E-state index contributed by atoms with van der Waals surface area (Å²) in [5.74, 6) is 0.978. The second-order valence-electron chi connectivity index (χ2n) is 6.09. The van der Waals surface area contributed by atoms with Crippen LogP contribution in [-0.4, -0.2) is 24.9 Å². The largest absolute Gasteiger partial charge is 0.486 e. The Kier molecular flexibility index (Phi) is 5.93. The second-order valence-corrected chi connectivity index (χ2v) is 6.95. The number of ketones is 1. The van der Waals surface area contributed by atoms with Crippen molar-refractivity contribution in [3.05, 3.63) is 58.1 Å². The van der Waals surface area contributed by atoms with Crippen LogP contribution >= 0.6 is 15.9 Å². The van der Waals surface area contributed by atoms with E-state index in [1.807, 2.05) is 31.2 Å². The molecule has 2 aromatic rings. The summed E-state index contributed by atoms with van der Waals surface area (Å²) in [6.07, 6.45) is 0.288. The molecule has 1 aliphatic rings. The van der Waals surface area contributed by atoms with Crippen molar-refractivity contribution in [1.29, 1.82) is 0 Å². The summed E-state index contributed by atoms with van der Waals surface area (Å²) in [6, 6.07) is 12.7. The van der Waals surface area contributed by atoms with Crippen LogP contribution in [0.15, 0.2) is 46.9 Å². The molecule has 0 aliphatic carbocycles. The topological polar surface area (TPSA) is 64.6 Å². The fraction of sp³-hybridized carbons (Fsp3) is 0.300. The van der Waals surface area contributed by atoms with Crippen LogP contribution in [-0.2, 0) is 4.79 Å². The number of carbonyl (C=O) groups excluding carboxylic acids is 2. The lowest BCUT2D eigenvalue weighted by molar-refractivity contribution is -0.121. The van der Waals surface area contributed by atoms with Crippen LogP contribution in [0.2, 0.25) is 0 Å². The Hall–Kier alpha value is -2.34. The molecular weight excluding hydrogens is 398 g/mol. The predicted octanol–water partition coefficient (Wildman–Crippen LogP) is 4.06. The third kappa shape index (κ3) is 4.43. The molecule has 0 aromatic heterocycles. The van der Waals surface area contributed by atoms with Gasteiger partial charge < -0.3 is 14.8 Å². The zero-order valence-electron chi connectivity index (χ0n) is 14.5. The van der Waals surface area contributed by atoms with Crippen molar-refractivity contribution in [2.75, 3.05) is 13.2 Å². The first-order valence-electron chi connectivity index (χ1n) is 8.51. The maximum atomic E-state index is 12.4. The lowest BCUT2D eigenvalue weighted by Gasteiger charge is -2.18. The monoisotopic (exact) mass is 417 g/mol. The van der Waals surface area contributed by atoms with Gasteiger partial charge in [0.1, 0.15) is 13.2 Å². The predicted molar refractivity (Wildman–Crippen MR) is 102 cm³/mol. The lowest BCUT2D eigenvalue weighted by Crippen LogP contribution is -2.27. The molecule has 3 rings (SSSR count). The highest BCUT2D eigenvalue weighted by Crippen LogP contribution is 2.31. The highest BCUT2D eigenvalue weighted by Gasteiger charge is 2.17. The Balaban J connectivity index is 1.54. The van der Waals surface area contributed by atoms with Gasteiger partial charge in [0.15, 0.2) is 17.3 Å². The molecule has 1 heterocycles. The molecule has 0 spiro atoms. The van der Waals surface area contributed by atoms with E-state index in [0.29, 0.717) is 30.3 Å². The van der Waals surface area contributed by atoms with Gasteiger partial charge in [-0.3, -0.25) is 9.59 Å². The number of hydrogen-bond acceptors (Lipinski definition) is 4. The van der Waals surface area contributed by atoms with Crippen molar-refractivity contribution in [1.82, 2.24) is 5.32 Å². The summed E-state index contributed by atoms with van der Waals surface area (Å²) in [7, 11) is 0. The van der Waals surface area contributed by atoms with Gasteiger partial charge in [0.2, 0.25) is 5.91 Å². The van der Waals surface area contributed by atoms with Crippen LogP contribution < -0.4 is 14.8 Å². The van der Waals surface area contributed by atoms with Crippen molar-refractivity contribution in [2.45, 2.75) is 25.8 Å². The van der Waals surface area contributed by atoms with E-state index in [-0.39, 0.29) is 30.6 Å². The summed E-state index contributed by atoms with van der Waals surface area (Å²) in [5.41, 5.74) is 1.53. The molecule has 26 heavy (non-hydrogen) atoms. The maximum Gasteiger partial charge on any atom is 0.220 e. The third-order valence-corrected chi connectivity index (χ3v) is 4.91. The number of rotatable bonds is 6. The number of benzene rings is 2. The van der Waals surface area contributed by atoms with Crippen LogP contribution in [0.25, 0.3) is 0 Å². The van der Waals surface area contributed by atoms with E-state index in [4.69, 9.17) is 9.47 Å². The molecule has 0 bridgehead atoms. The minimum atomic E-state index is -0.154. The highest BCUT2D eigenvalue weighted by molar-refractivity contribution is 9.10. The molecule has 0 fully saturated rings. The number of hydrogen-bond donors (Lipinski definition) is 1. The molecule has 5 nitrogen and oxygen atoms in total. The number of ether oxygens (including phenoxy) is 2. The van der Waals surface area contributed by atoms with Gasteiger partial charge in [-0.2, -0.15) is 0 Å². The summed E-state index contributed by atoms with van der Waals surface area (Å²) in [5, 5.41) is 2.93. The summed E-state index contributed by atoms with van der Waals surface area (Å²) in [4.78, 5) is 24.5. The molecular formula is C20H20BrNO4. The van der Waals surface area contributed by atoms with Gasteiger partial charge in [-0.15, -0.1) is 0 Å². The van der Waals surface area contributed by atoms with Crippen LogP contribution in [0.4, 0.5) is 0 Å². The minimum Gasteiger partial charge on any atom is -0.486 e. The number of nitrogens with one attached hydrogen (secondary N) is 1. The van der Waals surface area contributed by atoms with Crippen LogP contribution in [0.5, 0.6) is 11.5 Å². The quantitative estimate of drug-likeness (QED) is 0.719. The van der Waals surface area contributed by atoms with E-state index < -0.39 is 0 Å². The Morgan fingerprint density at radius 3 is 2.58 bits per heavy atom. The van der Waals surface area contributed by atoms with Gasteiger partial charge in [0.05, 0.1) is 6.04 Å². The molecule has 6 heteroatoms. The first-order valence-corrected chi connectivity index (χ1v) is 9.30. The van der Waals surface area contributed by atoms with Gasteiger partial charge in [-0.05, 0) is 36.8 Å². The molecule has 0 saturated heterocycles. The Morgan fingerprint density at radius 1 is 1.08 bits per heavy atom. The minimum absolute atomic E-state index is 0.0920. The van der Waals surface area contributed by atoms with Crippen molar-refractivity contribution in [3.63, 3.8) is 0 Å². The molecule has 1 amide bonds. The van der Waals surface area contributed by atoms with E-state index in [1.165, 1.54) is 0 Å². The zero-order chi connectivity index (χ0) is 18.5. The van der Waals surface area contributed by atoms with Gasteiger partial charge in [0.25, 0.3) is 0 Å². The molecule has 136 valence electrons. The van der Waals surface area contributed by atoms with Crippen molar-refractivity contribution >= 4 is 27.6 Å². The summed E-state index contributed by atoms with van der Waals surface area (Å²) < 4.78 is 11.9. The molecule has 1 atom stereocenters. The lowest BCUT2D eigenvalue weighted by atomic mass is 10.0. The molecule has 2 aromatic carbocycles. The molecule has 1 unspecified atom stereocenters. The normalized spacial score (nSPS) is 13.8. The van der Waals surface area contributed by atoms with Gasteiger partial charge in [0, 0.05) is 22.9 Å². The van der Waals surface area contributed by atoms with Crippen LogP contribution in [0, 0.1) is 0 Å². The molecule has 1 N–H and O–H groups in total. The average Bonchev–Trinajstić information content (AvgIpc) is 2.66. The standard InChI is InChI=1S/C20H20BrNO4/c1-13(15-4-2-3-5-16(15)21)22-20(24)9-7-17(23)14-6-8-18-19(12-14)26-11-10-25-18/h2-6,8,12-13H,7,9-11H2,1H3,(H,22,24). The van der Waals surface area contributed by atoms with Crippen molar-refractivity contribution in [2.24, 2.45) is 0 Å². The average molecular weight is 418 g/mol. The van der Waals surface area contributed by atoms with Crippen molar-refractivity contribution < 1.29 is 19.1 Å². The van der Waals surface area contributed by atoms with Gasteiger partial charge >= 0.3 is 0 Å². The Labute approximate surface area is 160 Å². The summed E-state index contributed by atoms with van der Waals surface area (Å²) >= 11 is 3.48. The fourth-order valence-corrected chi connectivity index (χ4v) is 3.43. The van der Waals surface area contributed by atoms with Crippen molar-refractivity contribution in [3.8, 4) is 11.5 Å². The van der Waals surface area contributed by atoms with E-state index in [0.717, 1.165) is 10.0 Å². The molecule has 1 aliphatic heterocycles. The van der Waals surface area contributed by atoms with E-state index in [1.54, 1.807) is 18.2 Å². The third-order valence-electron chi connectivity index (χ3n) is 4.19. The van der Waals surface area contributed by atoms with Crippen LogP contribution in [0.3, 0.4) is 0 Å². The SMILES string of the molecule is CC(NC(=O)CCC(=O)c1ccc2c(c1)OCCO2)c1ccccc1Br. The Bertz CT molecular complexity index is 821. The van der Waals surface area contributed by atoms with Crippen LogP contribution in [0.1, 0.15) is 41.7 Å². The van der Waals surface area contributed by atoms with E-state index >= 15 is 0 Å². The van der Waals surface area contributed by atoms with Gasteiger partial charge in [-0.1, -0.05) is 34.1 Å².